The molecule has 128 valence electrons. The molecule has 0 atom stereocenters. The van der Waals surface area contributed by atoms with E-state index in [1.807, 2.05) is 66.7 Å². The molecule has 0 saturated heterocycles. The van der Waals surface area contributed by atoms with Crippen LogP contribution in [0, 0.1) is 0 Å². The third-order valence-corrected chi connectivity index (χ3v) is 4.85. The molecule has 0 unspecified atom stereocenters. The molecule has 5 rings (SSSR count). The average molecular weight is 348 g/mol. The fourth-order valence-corrected chi connectivity index (χ4v) is 3.54. The van der Waals surface area contributed by atoms with Gasteiger partial charge in [-0.1, -0.05) is 72.8 Å². The van der Waals surface area contributed by atoms with Gasteiger partial charge in [-0.15, -0.1) is 0 Å². The Morgan fingerprint density at radius 1 is 0.667 bits per heavy atom. The van der Waals surface area contributed by atoms with Crippen LogP contribution in [-0.4, -0.2) is 10.9 Å². The second-order valence-electron chi connectivity index (χ2n) is 6.53. The monoisotopic (exact) mass is 348 g/mol. The normalized spacial score (nSPS) is 11.1. The van der Waals surface area contributed by atoms with Crippen LogP contribution >= 0.6 is 0 Å². The third kappa shape index (κ3) is 2.70. The lowest BCUT2D eigenvalue weighted by atomic mass is 10.0. The van der Waals surface area contributed by atoms with E-state index in [4.69, 9.17) is 0 Å². The summed E-state index contributed by atoms with van der Waals surface area (Å²) in [5.74, 6) is -0.207. The average Bonchev–Trinajstić information content (AvgIpc) is 2.73. The highest BCUT2D eigenvalue weighted by molar-refractivity contribution is 6.16. The maximum absolute atomic E-state index is 12.9. The van der Waals surface area contributed by atoms with Gasteiger partial charge in [0.15, 0.2) is 0 Å². The summed E-state index contributed by atoms with van der Waals surface area (Å²) in [7, 11) is 0. The van der Waals surface area contributed by atoms with Gasteiger partial charge in [0.1, 0.15) is 5.69 Å². The van der Waals surface area contributed by atoms with E-state index in [0.717, 1.165) is 32.7 Å². The van der Waals surface area contributed by atoms with Gasteiger partial charge in [0.25, 0.3) is 5.91 Å². The Morgan fingerprint density at radius 2 is 1.33 bits per heavy atom. The van der Waals surface area contributed by atoms with Gasteiger partial charge in [-0.3, -0.25) is 4.79 Å². The van der Waals surface area contributed by atoms with Crippen molar-refractivity contribution in [1.82, 2.24) is 4.98 Å². The number of amides is 1. The Bertz CT molecular complexity index is 1320. The standard InChI is InChI=1S/C24H16N2O/c27-24(22-14-13-16-7-2-6-12-21(16)25-22)26-23-15-17-8-1-3-9-18(17)19-10-4-5-11-20(19)23/h1-15H,(H,26,27). The van der Waals surface area contributed by atoms with Gasteiger partial charge in [0.05, 0.1) is 5.52 Å². The molecule has 0 aliphatic rings. The number of hydrogen-bond acceptors (Lipinski definition) is 2. The molecule has 1 heterocycles. The maximum Gasteiger partial charge on any atom is 0.274 e. The minimum Gasteiger partial charge on any atom is -0.320 e. The van der Waals surface area contributed by atoms with Crippen molar-refractivity contribution in [3.05, 3.63) is 96.7 Å². The fraction of sp³-hybridized carbons (Fsp3) is 0. The lowest BCUT2D eigenvalue weighted by molar-refractivity contribution is 0.102. The van der Waals surface area contributed by atoms with Gasteiger partial charge in [-0.25, -0.2) is 4.98 Å². The summed E-state index contributed by atoms with van der Waals surface area (Å²) < 4.78 is 0. The zero-order chi connectivity index (χ0) is 18.2. The van der Waals surface area contributed by atoms with E-state index in [-0.39, 0.29) is 5.91 Å². The SMILES string of the molecule is O=C(Nc1cc2ccccc2c2ccccc12)c1ccc2ccccc2n1. The maximum atomic E-state index is 12.9. The molecule has 0 fully saturated rings. The molecule has 0 aliphatic heterocycles. The molecular formula is C24H16N2O. The van der Waals surface area contributed by atoms with Crippen molar-refractivity contribution in [3.63, 3.8) is 0 Å². The molecule has 0 spiro atoms. The number of rotatable bonds is 2. The lowest BCUT2D eigenvalue weighted by Crippen LogP contribution is -2.14. The van der Waals surface area contributed by atoms with Gasteiger partial charge in [-0.05, 0) is 34.4 Å². The van der Waals surface area contributed by atoms with Gasteiger partial charge in [0.2, 0.25) is 0 Å². The van der Waals surface area contributed by atoms with Crippen LogP contribution in [0.25, 0.3) is 32.4 Å². The van der Waals surface area contributed by atoms with Crippen LogP contribution in [0.5, 0.6) is 0 Å². The molecule has 0 bridgehead atoms. The zero-order valence-electron chi connectivity index (χ0n) is 14.5. The first kappa shape index (κ1) is 15.5. The number of nitrogens with zero attached hydrogens (tertiary/aromatic N) is 1. The molecule has 3 heteroatoms. The summed E-state index contributed by atoms with van der Waals surface area (Å²) in [6.45, 7) is 0. The van der Waals surface area contributed by atoms with Crippen LogP contribution in [-0.2, 0) is 0 Å². The summed E-state index contributed by atoms with van der Waals surface area (Å²) in [6, 6.07) is 29.8. The van der Waals surface area contributed by atoms with E-state index in [9.17, 15) is 4.79 Å². The van der Waals surface area contributed by atoms with E-state index < -0.39 is 0 Å². The molecule has 0 radical (unpaired) electrons. The number of carbonyl (C=O) groups is 1. The van der Waals surface area contributed by atoms with E-state index in [1.54, 1.807) is 6.07 Å². The number of fused-ring (bicyclic) bond motifs is 4. The van der Waals surface area contributed by atoms with Crippen LogP contribution in [0.2, 0.25) is 0 Å². The quantitative estimate of drug-likeness (QED) is 0.410. The van der Waals surface area contributed by atoms with Crippen molar-refractivity contribution >= 4 is 44.0 Å². The molecule has 0 aliphatic carbocycles. The summed E-state index contributed by atoms with van der Waals surface area (Å²) in [5.41, 5.74) is 2.02. The van der Waals surface area contributed by atoms with Crippen molar-refractivity contribution in [2.75, 3.05) is 5.32 Å². The van der Waals surface area contributed by atoms with Gasteiger partial charge < -0.3 is 5.32 Å². The highest BCUT2D eigenvalue weighted by Crippen LogP contribution is 2.32. The number of aromatic nitrogens is 1. The van der Waals surface area contributed by atoms with E-state index in [0.29, 0.717) is 5.69 Å². The molecule has 1 aromatic heterocycles. The van der Waals surface area contributed by atoms with Crippen molar-refractivity contribution < 1.29 is 4.79 Å². The lowest BCUT2D eigenvalue weighted by Gasteiger charge is -2.12. The highest BCUT2D eigenvalue weighted by atomic mass is 16.1. The number of anilines is 1. The van der Waals surface area contributed by atoms with Gasteiger partial charge in [0, 0.05) is 16.5 Å². The summed E-state index contributed by atoms with van der Waals surface area (Å²) in [4.78, 5) is 17.4. The predicted molar refractivity (Wildman–Crippen MR) is 111 cm³/mol. The molecule has 1 amide bonds. The Morgan fingerprint density at radius 3 is 2.19 bits per heavy atom. The van der Waals surface area contributed by atoms with E-state index >= 15 is 0 Å². The largest absolute Gasteiger partial charge is 0.320 e. The zero-order valence-corrected chi connectivity index (χ0v) is 14.5. The van der Waals surface area contributed by atoms with Gasteiger partial charge >= 0.3 is 0 Å². The number of benzene rings is 4. The number of hydrogen-bond donors (Lipinski definition) is 1. The molecule has 4 aromatic carbocycles. The van der Waals surface area contributed by atoms with Crippen molar-refractivity contribution in [2.24, 2.45) is 0 Å². The first-order valence-electron chi connectivity index (χ1n) is 8.87. The number of nitrogens with one attached hydrogen (secondary N) is 1. The number of para-hydroxylation sites is 1. The first-order chi connectivity index (χ1) is 13.3. The van der Waals surface area contributed by atoms with Crippen LogP contribution < -0.4 is 5.32 Å². The van der Waals surface area contributed by atoms with Crippen molar-refractivity contribution in [2.45, 2.75) is 0 Å². The third-order valence-electron chi connectivity index (χ3n) is 4.85. The Hall–Kier alpha value is -3.72. The smallest absolute Gasteiger partial charge is 0.274 e. The second-order valence-corrected chi connectivity index (χ2v) is 6.53. The molecule has 1 N–H and O–H groups in total. The fourth-order valence-electron chi connectivity index (χ4n) is 3.54. The summed E-state index contributed by atoms with van der Waals surface area (Å²) in [5, 5.41) is 8.49. The Kier molecular flexibility index (Phi) is 3.58. The van der Waals surface area contributed by atoms with Crippen molar-refractivity contribution in [3.8, 4) is 0 Å². The van der Waals surface area contributed by atoms with E-state index in [1.165, 1.54) is 5.39 Å². The van der Waals surface area contributed by atoms with Gasteiger partial charge in [-0.2, -0.15) is 0 Å². The Labute approximate surface area is 156 Å². The molecule has 5 aromatic rings. The Balaban J connectivity index is 1.61. The molecule has 0 saturated carbocycles. The molecule has 27 heavy (non-hydrogen) atoms. The number of carbonyl (C=O) groups excluding carboxylic acids is 1. The van der Waals surface area contributed by atoms with Crippen LogP contribution in [0.1, 0.15) is 10.5 Å². The minimum atomic E-state index is -0.207. The van der Waals surface area contributed by atoms with E-state index in [2.05, 4.69) is 28.5 Å². The summed E-state index contributed by atoms with van der Waals surface area (Å²) in [6.07, 6.45) is 0. The minimum absolute atomic E-state index is 0.207. The summed E-state index contributed by atoms with van der Waals surface area (Å²) >= 11 is 0. The second kappa shape index (κ2) is 6.22. The molecule has 3 nitrogen and oxygen atoms in total. The van der Waals surface area contributed by atoms with Crippen molar-refractivity contribution in [1.29, 1.82) is 0 Å². The highest BCUT2D eigenvalue weighted by Gasteiger charge is 2.12. The predicted octanol–water partition coefficient (Wildman–Crippen LogP) is 5.79. The first-order valence-corrected chi connectivity index (χ1v) is 8.87. The molecular weight excluding hydrogens is 332 g/mol. The van der Waals surface area contributed by atoms with Crippen LogP contribution in [0.3, 0.4) is 0 Å². The van der Waals surface area contributed by atoms with Crippen LogP contribution in [0.15, 0.2) is 91.0 Å². The van der Waals surface area contributed by atoms with Crippen LogP contribution in [0.4, 0.5) is 5.69 Å². The topological polar surface area (TPSA) is 42.0 Å². The number of pyridine rings is 1.